The first-order valence-electron chi connectivity index (χ1n) is 11.8. The number of fused-ring (bicyclic) bond motifs is 1. The lowest BCUT2D eigenvalue weighted by Crippen LogP contribution is -2.40. The Morgan fingerprint density at radius 3 is 2.54 bits per heavy atom. The predicted molar refractivity (Wildman–Crippen MR) is 132 cm³/mol. The van der Waals surface area contributed by atoms with Crippen LogP contribution in [0.25, 0.3) is 11.0 Å². The molecule has 1 fully saturated rings. The molecule has 1 aromatic heterocycles. The molecule has 0 amide bonds. The summed E-state index contributed by atoms with van der Waals surface area (Å²) < 4.78 is 46.8. The monoisotopic (exact) mass is 491 g/mol. The zero-order valence-corrected chi connectivity index (χ0v) is 20.0. The van der Waals surface area contributed by atoms with Crippen molar-refractivity contribution in [2.24, 2.45) is 0 Å². The second-order valence-corrected chi connectivity index (χ2v) is 10.8. The molecule has 0 radical (unpaired) electrons. The van der Waals surface area contributed by atoms with E-state index in [0.717, 1.165) is 12.0 Å². The number of hydrogen-bond acceptors (Lipinski definition) is 4. The first-order valence-corrected chi connectivity index (χ1v) is 13.2. The number of halogens is 1. The van der Waals surface area contributed by atoms with Crippen LogP contribution in [-0.2, 0) is 27.7 Å². The fourth-order valence-corrected chi connectivity index (χ4v) is 6.37. The summed E-state index contributed by atoms with van der Waals surface area (Å²) in [6, 6.07) is 22.8. The van der Waals surface area contributed by atoms with Crippen molar-refractivity contribution >= 4 is 26.8 Å². The molecule has 1 aliphatic heterocycles. The fraction of sp³-hybridized carbons (Fsp3) is 0.250. The summed E-state index contributed by atoms with van der Waals surface area (Å²) in [5.74, 6) is -0.564. The minimum absolute atomic E-state index is 0.0957. The highest BCUT2D eigenvalue weighted by molar-refractivity contribution is 7.89. The number of nitrogens with zero attached hydrogens (tertiary/aromatic N) is 1. The van der Waals surface area contributed by atoms with Gasteiger partial charge in [-0.1, -0.05) is 54.6 Å². The molecule has 0 unspecified atom stereocenters. The summed E-state index contributed by atoms with van der Waals surface area (Å²) in [7, 11) is -4.01. The molecule has 0 aliphatic carbocycles. The van der Waals surface area contributed by atoms with Crippen molar-refractivity contribution in [1.29, 1.82) is 0 Å². The second kappa shape index (κ2) is 9.76. The maximum absolute atomic E-state index is 13.5. The predicted octanol–water partition coefficient (Wildman–Crippen LogP) is 5.52. The van der Waals surface area contributed by atoms with Crippen LogP contribution in [0.1, 0.15) is 36.0 Å². The number of hydrogen-bond donors (Lipinski definition) is 0. The lowest BCUT2D eigenvalue weighted by atomic mass is 9.98. The Kier molecular flexibility index (Phi) is 6.54. The topological polar surface area (TPSA) is 67.6 Å². The van der Waals surface area contributed by atoms with Crippen molar-refractivity contribution in [2.75, 3.05) is 6.54 Å². The third kappa shape index (κ3) is 5.06. The van der Waals surface area contributed by atoms with Crippen LogP contribution in [0.2, 0.25) is 0 Å². The normalized spacial score (nSPS) is 16.7. The third-order valence-electron chi connectivity index (χ3n) is 6.50. The van der Waals surface area contributed by atoms with E-state index in [1.807, 2.05) is 30.3 Å². The molecule has 35 heavy (non-hydrogen) atoms. The number of ketones is 1. The number of aryl methyl sites for hydroxylation is 1. The molecule has 180 valence electrons. The van der Waals surface area contributed by atoms with Gasteiger partial charge in [-0.25, -0.2) is 12.8 Å². The smallest absolute Gasteiger partial charge is 0.277 e. The van der Waals surface area contributed by atoms with E-state index >= 15 is 0 Å². The van der Waals surface area contributed by atoms with E-state index in [0.29, 0.717) is 30.2 Å². The van der Waals surface area contributed by atoms with E-state index < -0.39 is 21.9 Å². The Morgan fingerprint density at radius 2 is 1.71 bits per heavy atom. The zero-order valence-electron chi connectivity index (χ0n) is 19.2. The summed E-state index contributed by atoms with van der Waals surface area (Å²) in [5, 5.41) is 0.118. The zero-order chi connectivity index (χ0) is 24.4. The van der Waals surface area contributed by atoms with E-state index in [1.165, 1.54) is 39.7 Å². The Labute approximate surface area is 204 Å². The van der Waals surface area contributed by atoms with Crippen LogP contribution in [0, 0.1) is 5.82 Å². The summed E-state index contributed by atoms with van der Waals surface area (Å²) in [4.78, 5) is 13.1. The van der Waals surface area contributed by atoms with Crippen molar-refractivity contribution in [1.82, 2.24) is 4.31 Å². The van der Waals surface area contributed by atoms with Crippen molar-refractivity contribution < 1.29 is 22.0 Å². The van der Waals surface area contributed by atoms with E-state index in [9.17, 15) is 17.6 Å². The van der Waals surface area contributed by atoms with Crippen LogP contribution < -0.4 is 0 Å². The summed E-state index contributed by atoms with van der Waals surface area (Å²) in [6.45, 7) is 0.261. The van der Waals surface area contributed by atoms with E-state index in [2.05, 4.69) is 24.3 Å². The van der Waals surface area contributed by atoms with Crippen LogP contribution >= 0.6 is 0 Å². The molecule has 3 aromatic carbocycles. The fourth-order valence-electron chi connectivity index (χ4n) is 4.74. The van der Waals surface area contributed by atoms with Gasteiger partial charge < -0.3 is 4.42 Å². The van der Waals surface area contributed by atoms with Crippen molar-refractivity contribution in [3.63, 3.8) is 0 Å². The molecular weight excluding hydrogens is 465 g/mol. The van der Waals surface area contributed by atoms with E-state index in [-0.39, 0.29) is 23.8 Å². The molecule has 0 spiro atoms. The first kappa shape index (κ1) is 23.5. The Bertz CT molecular complexity index is 1460. The van der Waals surface area contributed by atoms with Crippen LogP contribution in [0.5, 0.6) is 0 Å². The van der Waals surface area contributed by atoms with Gasteiger partial charge in [-0.2, -0.15) is 4.31 Å². The number of Topliss-reactive ketones (excluding diaryl/α,β-unsaturated/α-hetero) is 1. The molecule has 1 saturated heterocycles. The van der Waals surface area contributed by atoms with Crippen molar-refractivity contribution in [3.8, 4) is 0 Å². The Hall–Kier alpha value is -3.29. The maximum Gasteiger partial charge on any atom is 0.277 e. The van der Waals surface area contributed by atoms with Gasteiger partial charge in [0.1, 0.15) is 11.4 Å². The molecular formula is C28H26FNO4S. The highest BCUT2D eigenvalue weighted by atomic mass is 32.2. The molecule has 5 nitrogen and oxygen atoms in total. The van der Waals surface area contributed by atoms with Crippen LogP contribution in [0.3, 0.4) is 0 Å². The number of carbonyl (C=O) groups excluding carboxylic acids is 1. The number of furan rings is 1. The Balaban J connectivity index is 1.27. The van der Waals surface area contributed by atoms with Gasteiger partial charge in [0, 0.05) is 24.4 Å². The summed E-state index contributed by atoms with van der Waals surface area (Å²) in [6.07, 6.45) is 2.73. The van der Waals surface area contributed by atoms with E-state index in [4.69, 9.17) is 4.42 Å². The summed E-state index contributed by atoms with van der Waals surface area (Å²) >= 11 is 0. The number of rotatable bonds is 8. The average Bonchev–Trinajstić information content (AvgIpc) is 3.51. The quantitative estimate of drug-likeness (QED) is 0.326. The largest absolute Gasteiger partial charge is 0.443 e. The van der Waals surface area contributed by atoms with Gasteiger partial charge in [0.05, 0.1) is 6.04 Å². The van der Waals surface area contributed by atoms with Gasteiger partial charge in [-0.15, -0.1) is 0 Å². The molecule has 1 atom stereocenters. The Morgan fingerprint density at radius 1 is 0.943 bits per heavy atom. The highest BCUT2D eigenvalue weighted by Gasteiger charge is 2.40. The molecule has 0 saturated carbocycles. The van der Waals surface area contributed by atoms with Gasteiger partial charge >= 0.3 is 0 Å². The van der Waals surface area contributed by atoms with Crippen molar-refractivity contribution in [2.45, 2.75) is 43.2 Å². The molecule has 4 aromatic rings. The van der Waals surface area contributed by atoms with E-state index in [1.54, 1.807) is 0 Å². The number of sulfonamides is 1. The van der Waals surface area contributed by atoms with Crippen LogP contribution in [0.15, 0.2) is 88.4 Å². The van der Waals surface area contributed by atoms with Gasteiger partial charge in [-0.3, -0.25) is 4.79 Å². The van der Waals surface area contributed by atoms with Crippen LogP contribution in [0.4, 0.5) is 4.39 Å². The number of carbonyl (C=O) groups is 1. The lowest BCUT2D eigenvalue weighted by molar-refractivity contribution is -0.122. The minimum Gasteiger partial charge on any atom is -0.443 e. The molecule has 2 heterocycles. The first-order chi connectivity index (χ1) is 16.9. The molecule has 0 N–H and O–H groups in total. The highest BCUT2D eigenvalue weighted by Crippen LogP contribution is 2.31. The average molecular weight is 492 g/mol. The third-order valence-corrected chi connectivity index (χ3v) is 8.26. The van der Waals surface area contributed by atoms with Gasteiger partial charge in [0.2, 0.25) is 5.09 Å². The molecule has 1 aliphatic rings. The molecule has 5 rings (SSSR count). The SMILES string of the molecule is O=C(CCc1cccc(Cc2ccccc2)c1)[C@@H]1CCCN1S(=O)(=O)c1cc2cc(F)ccc2o1. The van der Waals surface area contributed by atoms with Gasteiger partial charge in [-0.05, 0) is 60.6 Å². The molecule has 0 bridgehead atoms. The molecule has 7 heteroatoms. The van der Waals surface area contributed by atoms with Crippen molar-refractivity contribution in [3.05, 3.63) is 101 Å². The van der Waals surface area contributed by atoms with Gasteiger partial charge in [0.25, 0.3) is 10.0 Å². The standard InChI is InChI=1S/C28H26FNO4S/c29-24-12-14-27-23(18-24)19-28(34-27)35(32,33)30-15-5-10-25(30)26(31)13-11-21-8-4-9-22(17-21)16-20-6-2-1-3-7-20/h1-4,6-9,12,14,17-19,25H,5,10-11,13,15-16H2/t25-/m0/s1. The second-order valence-electron chi connectivity index (χ2n) is 8.97. The number of benzene rings is 3. The lowest BCUT2D eigenvalue weighted by Gasteiger charge is -2.21. The van der Waals surface area contributed by atoms with Crippen LogP contribution in [-0.4, -0.2) is 31.1 Å². The van der Waals surface area contributed by atoms with Gasteiger partial charge in [0.15, 0.2) is 5.78 Å². The minimum atomic E-state index is -4.01. The maximum atomic E-state index is 13.5. The summed E-state index contributed by atoms with van der Waals surface area (Å²) in [5.41, 5.74) is 3.74.